The van der Waals surface area contributed by atoms with Crippen LogP contribution in [0.1, 0.15) is 44.1 Å². The van der Waals surface area contributed by atoms with Gasteiger partial charge in [0.25, 0.3) is 0 Å². The van der Waals surface area contributed by atoms with Gasteiger partial charge < -0.3 is 4.90 Å². The van der Waals surface area contributed by atoms with Crippen molar-refractivity contribution >= 4 is 17.7 Å². The molecule has 3 rings (SSSR count). The van der Waals surface area contributed by atoms with Crippen molar-refractivity contribution in [1.82, 2.24) is 9.80 Å². The highest BCUT2D eigenvalue weighted by Gasteiger charge is 2.35. The molecule has 5 nitrogen and oxygen atoms in total. The first-order valence-corrected chi connectivity index (χ1v) is 9.31. The first kappa shape index (κ1) is 17.6. The largest absolute Gasteiger partial charge is 0.324 e. The number of hydrogen-bond donors (Lipinski definition) is 0. The third-order valence-electron chi connectivity index (χ3n) is 5.21. The number of carbonyl (C=O) groups excluding carboxylic acids is 3. The van der Waals surface area contributed by atoms with Gasteiger partial charge in [0.1, 0.15) is 13.1 Å². The lowest BCUT2D eigenvalue weighted by Gasteiger charge is -2.35. The molecule has 5 heteroatoms. The van der Waals surface area contributed by atoms with Crippen molar-refractivity contribution in [3.8, 4) is 0 Å². The van der Waals surface area contributed by atoms with E-state index in [2.05, 4.69) is 0 Å². The van der Waals surface area contributed by atoms with E-state index in [-0.39, 0.29) is 36.7 Å². The van der Waals surface area contributed by atoms with Crippen LogP contribution in [0.15, 0.2) is 30.3 Å². The third-order valence-corrected chi connectivity index (χ3v) is 5.21. The van der Waals surface area contributed by atoms with Crippen LogP contribution >= 0.6 is 0 Å². The quantitative estimate of drug-likeness (QED) is 0.772. The first-order valence-electron chi connectivity index (χ1n) is 9.31. The van der Waals surface area contributed by atoms with Gasteiger partial charge in [-0.25, -0.2) is 0 Å². The molecule has 3 amide bonds. The zero-order valence-corrected chi connectivity index (χ0v) is 14.7. The maximum Gasteiger partial charge on any atom is 0.248 e. The second-order valence-corrected chi connectivity index (χ2v) is 7.06. The summed E-state index contributed by atoms with van der Waals surface area (Å²) >= 11 is 0. The Balaban J connectivity index is 1.50. The Morgan fingerprint density at radius 3 is 2.24 bits per heavy atom. The molecule has 2 fully saturated rings. The molecule has 25 heavy (non-hydrogen) atoms. The maximum atomic E-state index is 12.6. The van der Waals surface area contributed by atoms with E-state index in [4.69, 9.17) is 0 Å². The number of benzene rings is 1. The van der Waals surface area contributed by atoms with Crippen LogP contribution in [0.25, 0.3) is 0 Å². The van der Waals surface area contributed by atoms with Gasteiger partial charge in [0.15, 0.2) is 0 Å². The van der Waals surface area contributed by atoms with Gasteiger partial charge in [0.05, 0.1) is 0 Å². The summed E-state index contributed by atoms with van der Waals surface area (Å²) in [6.45, 7) is 0.525. The Kier molecular flexibility index (Phi) is 5.84. The smallest absolute Gasteiger partial charge is 0.248 e. The molecule has 0 unspecified atom stereocenters. The molecule has 1 aromatic carbocycles. The summed E-state index contributed by atoms with van der Waals surface area (Å²) in [5, 5.41) is 0. The fourth-order valence-electron chi connectivity index (χ4n) is 3.79. The van der Waals surface area contributed by atoms with E-state index < -0.39 is 0 Å². The molecule has 1 heterocycles. The van der Waals surface area contributed by atoms with Crippen LogP contribution in [0.2, 0.25) is 0 Å². The van der Waals surface area contributed by atoms with E-state index in [1.54, 1.807) is 0 Å². The Morgan fingerprint density at radius 1 is 0.960 bits per heavy atom. The number of amides is 3. The Bertz CT molecular complexity index is 605. The van der Waals surface area contributed by atoms with E-state index in [1.165, 1.54) is 21.8 Å². The lowest BCUT2D eigenvalue weighted by atomic mass is 9.88. The minimum absolute atomic E-state index is 0.000944. The van der Waals surface area contributed by atoms with Crippen LogP contribution in [-0.4, -0.2) is 47.2 Å². The molecule has 1 saturated heterocycles. The summed E-state index contributed by atoms with van der Waals surface area (Å²) < 4.78 is 0. The summed E-state index contributed by atoms with van der Waals surface area (Å²) in [6, 6.07) is 10.0. The average molecular weight is 342 g/mol. The zero-order valence-electron chi connectivity index (χ0n) is 14.7. The molecule has 1 aliphatic heterocycles. The van der Waals surface area contributed by atoms with Crippen molar-refractivity contribution in [3.63, 3.8) is 0 Å². The number of hydrogen-bond acceptors (Lipinski definition) is 3. The maximum absolute atomic E-state index is 12.6. The van der Waals surface area contributed by atoms with Gasteiger partial charge in [0, 0.05) is 12.5 Å². The van der Waals surface area contributed by atoms with Crippen molar-refractivity contribution in [2.75, 3.05) is 19.6 Å². The van der Waals surface area contributed by atoms with Crippen LogP contribution in [0.3, 0.4) is 0 Å². The third kappa shape index (κ3) is 4.47. The average Bonchev–Trinajstić information content (AvgIpc) is 2.65. The minimum atomic E-state index is -0.242. The predicted octanol–water partition coefficient (Wildman–Crippen LogP) is 2.40. The van der Waals surface area contributed by atoms with Gasteiger partial charge >= 0.3 is 0 Å². The normalized spacial score (nSPS) is 19.4. The monoisotopic (exact) mass is 342 g/mol. The molecule has 0 atom stereocenters. The number of imide groups is 1. The molecule has 0 N–H and O–H groups in total. The van der Waals surface area contributed by atoms with Crippen molar-refractivity contribution < 1.29 is 14.4 Å². The van der Waals surface area contributed by atoms with Gasteiger partial charge in [-0.3, -0.25) is 19.3 Å². The Hall–Kier alpha value is -2.17. The van der Waals surface area contributed by atoms with Crippen LogP contribution < -0.4 is 0 Å². The summed E-state index contributed by atoms with van der Waals surface area (Å²) in [5.41, 5.74) is 1.20. The molecular formula is C20H26N2O3. The molecule has 1 saturated carbocycles. The summed E-state index contributed by atoms with van der Waals surface area (Å²) in [6.07, 6.45) is 6.67. The van der Waals surface area contributed by atoms with Crippen LogP contribution in [0, 0.1) is 5.92 Å². The van der Waals surface area contributed by atoms with E-state index in [9.17, 15) is 14.4 Å². The lowest BCUT2D eigenvalue weighted by molar-refractivity contribution is -0.158. The fraction of sp³-hybridized carbons (Fsp3) is 0.550. The number of rotatable bonds is 5. The van der Waals surface area contributed by atoms with E-state index in [0.717, 1.165) is 38.5 Å². The molecule has 0 spiro atoms. The molecule has 0 aromatic heterocycles. The van der Waals surface area contributed by atoms with Crippen LogP contribution in [0.4, 0.5) is 0 Å². The van der Waals surface area contributed by atoms with Gasteiger partial charge in [0.2, 0.25) is 17.7 Å². The number of carbonyl (C=O) groups is 3. The number of piperazine rings is 1. The summed E-state index contributed by atoms with van der Waals surface area (Å²) in [7, 11) is 0. The van der Waals surface area contributed by atoms with Gasteiger partial charge in [-0.2, -0.15) is 0 Å². The Morgan fingerprint density at radius 2 is 1.60 bits per heavy atom. The molecular weight excluding hydrogens is 316 g/mol. The molecule has 2 aliphatic rings. The molecule has 1 aliphatic carbocycles. The highest BCUT2D eigenvalue weighted by Crippen LogP contribution is 2.26. The van der Waals surface area contributed by atoms with Crippen LogP contribution in [-0.2, 0) is 20.8 Å². The summed E-state index contributed by atoms with van der Waals surface area (Å²) in [4.78, 5) is 40.1. The molecule has 0 bridgehead atoms. The highest BCUT2D eigenvalue weighted by atomic mass is 16.2. The fourth-order valence-corrected chi connectivity index (χ4v) is 3.79. The number of aryl methyl sites for hydroxylation is 1. The number of nitrogens with zero attached hydrogens (tertiary/aromatic N) is 2. The SMILES string of the molecule is O=C(C1CCCCC1)N1CC(=O)N(CCCc2ccccc2)C(=O)C1. The minimum Gasteiger partial charge on any atom is -0.324 e. The van der Waals surface area contributed by atoms with Crippen molar-refractivity contribution in [3.05, 3.63) is 35.9 Å². The topological polar surface area (TPSA) is 57.7 Å². The zero-order chi connectivity index (χ0) is 17.6. The van der Waals surface area contributed by atoms with E-state index in [0.29, 0.717) is 6.54 Å². The molecule has 1 aromatic rings. The summed E-state index contributed by atoms with van der Waals surface area (Å²) in [5.74, 6) is -0.494. The lowest BCUT2D eigenvalue weighted by Crippen LogP contribution is -2.56. The molecule has 0 radical (unpaired) electrons. The predicted molar refractivity (Wildman–Crippen MR) is 94.6 cm³/mol. The van der Waals surface area contributed by atoms with Gasteiger partial charge in [-0.1, -0.05) is 49.6 Å². The first-order chi connectivity index (χ1) is 12.1. The second-order valence-electron chi connectivity index (χ2n) is 7.06. The molecule has 134 valence electrons. The van der Waals surface area contributed by atoms with Gasteiger partial charge in [-0.05, 0) is 31.2 Å². The standard InChI is InChI=1S/C20H26N2O3/c23-18-14-21(20(25)17-11-5-2-6-12-17)15-19(24)22(18)13-7-10-16-8-3-1-4-9-16/h1,3-4,8-9,17H,2,5-7,10-15H2. The van der Waals surface area contributed by atoms with Crippen molar-refractivity contribution in [1.29, 1.82) is 0 Å². The van der Waals surface area contributed by atoms with E-state index in [1.807, 2.05) is 30.3 Å². The van der Waals surface area contributed by atoms with Crippen molar-refractivity contribution in [2.24, 2.45) is 5.92 Å². The highest BCUT2D eigenvalue weighted by molar-refractivity contribution is 6.02. The van der Waals surface area contributed by atoms with Gasteiger partial charge in [-0.15, -0.1) is 0 Å². The Labute approximate surface area is 149 Å². The van der Waals surface area contributed by atoms with E-state index >= 15 is 0 Å². The van der Waals surface area contributed by atoms with Crippen molar-refractivity contribution in [2.45, 2.75) is 44.9 Å². The van der Waals surface area contributed by atoms with Crippen LogP contribution in [0.5, 0.6) is 0 Å². The second kappa shape index (κ2) is 8.28.